The maximum Gasteiger partial charge on any atom is 0.319 e. The number of aryl methyl sites for hydroxylation is 1. The summed E-state index contributed by atoms with van der Waals surface area (Å²) in [6.07, 6.45) is 1.68. The van der Waals surface area contributed by atoms with Gasteiger partial charge in [0.2, 0.25) is 0 Å². The zero-order valence-corrected chi connectivity index (χ0v) is 8.91. The molecule has 0 unspecified atom stereocenters. The highest BCUT2D eigenvalue weighted by Gasteiger charge is 2.02. The first kappa shape index (κ1) is 11.5. The van der Waals surface area contributed by atoms with Gasteiger partial charge in [-0.25, -0.2) is 4.79 Å². The van der Waals surface area contributed by atoms with E-state index in [2.05, 4.69) is 15.6 Å². The van der Waals surface area contributed by atoms with Crippen LogP contribution in [0.5, 0.6) is 0 Å². The molecular formula is C10H15N3O2. The second-order valence-electron chi connectivity index (χ2n) is 3.01. The Balaban J connectivity index is 2.41. The van der Waals surface area contributed by atoms with Crippen molar-refractivity contribution >= 4 is 11.7 Å². The van der Waals surface area contributed by atoms with Gasteiger partial charge in [-0.2, -0.15) is 0 Å². The molecule has 1 aromatic heterocycles. The molecule has 0 fully saturated rings. The van der Waals surface area contributed by atoms with Crippen LogP contribution in [0.25, 0.3) is 0 Å². The number of urea groups is 1. The maximum atomic E-state index is 11.3. The lowest BCUT2D eigenvalue weighted by molar-refractivity contribution is 0.198. The van der Waals surface area contributed by atoms with Crippen molar-refractivity contribution in [2.75, 3.05) is 25.6 Å². The van der Waals surface area contributed by atoms with E-state index in [0.29, 0.717) is 18.8 Å². The van der Waals surface area contributed by atoms with Gasteiger partial charge in [0.15, 0.2) is 0 Å². The zero-order valence-electron chi connectivity index (χ0n) is 8.91. The van der Waals surface area contributed by atoms with E-state index in [-0.39, 0.29) is 6.03 Å². The third-order valence-electron chi connectivity index (χ3n) is 1.85. The van der Waals surface area contributed by atoms with Gasteiger partial charge < -0.3 is 15.4 Å². The molecule has 0 aliphatic rings. The number of hydrogen-bond donors (Lipinski definition) is 2. The average molecular weight is 209 g/mol. The molecular weight excluding hydrogens is 194 g/mol. The SMILES string of the molecule is COCCNC(=O)Nc1cccnc1C. The molecule has 1 heterocycles. The number of amides is 2. The molecule has 2 amide bonds. The number of carbonyl (C=O) groups is 1. The molecule has 0 atom stereocenters. The van der Waals surface area contributed by atoms with Gasteiger partial charge in [-0.1, -0.05) is 0 Å². The fourth-order valence-corrected chi connectivity index (χ4v) is 1.05. The lowest BCUT2D eigenvalue weighted by Gasteiger charge is -2.08. The predicted octanol–water partition coefficient (Wildman–Crippen LogP) is 1.16. The molecule has 0 aliphatic heterocycles. The molecule has 2 N–H and O–H groups in total. The van der Waals surface area contributed by atoms with Crippen LogP contribution in [0.4, 0.5) is 10.5 Å². The van der Waals surface area contributed by atoms with E-state index in [4.69, 9.17) is 4.74 Å². The second kappa shape index (κ2) is 5.98. The van der Waals surface area contributed by atoms with Gasteiger partial charge in [-0.05, 0) is 19.1 Å². The molecule has 0 saturated carbocycles. The minimum atomic E-state index is -0.247. The van der Waals surface area contributed by atoms with Crippen molar-refractivity contribution in [2.24, 2.45) is 0 Å². The summed E-state index contributed by atoms with van der Waals surface area (Å²) < 4.78 is 4.81. The first-order valence-electron chi connectivity index (χ1n) is 4.69. The molecule has 15 heavy (non-hydrogen) atoms. The largest absolute Gasteiger partial charge is 0.383 e. The van der Waals surface area contributed by atoms with E-state index < -0.39 is 0 Å². The number of nitrogens with one attached hydrogen (secondary N) is 2. The van der Waals surface area contributed by atoms with Crippen LogP contribution in [0.1, 0.15) is 5.69 Å². The van der Waals surface area contributed by atoms with Crippen molar-refractivity contribution in [1.29, 1.82) is 0 Å². The van der Waals surface area contributed by atoms with E-state index >= 15 is 0 Å². The number of carbonyl (C=O) groups excluding carboxylic acids is 1. The third-order valence-corrected chi connectivity index (χ3v) is 1.85. The number of anilines is 1. The third kappa shape index (κ3) is 3.95. The Morgan fingerprint density at radius 2 is 2.40 bits per heavy atom. The van der Waals surface area contributed by atoms with E-state index in [9.17, 15) is 4.79 Å². The number of aromatic nitrogens is 1. The van der Waals surface area contributed by atoms with Crippen LogP contribution in [-0.2, 0) is 4.74 Å². The highest BCUT2D eigenvalue weighted by Crippen LogP contribution is 2.09. The molecule has 0 aromatic carbocycles. The van der Waals surface area contributed by atoms with Crippen molar-refractivity contribution in [1.82, 2.24) is 10.3 Å². The minimum absolute atomic E-state index is 0.247. The molecule has 0 radical (unpaired) electrons. The summed E-state index contributed by atoms with van der Waals surface area (Å²) in [7, 11) is 1.59. The Morgan fingerprint density at radius 3 is 3.07 bits per heavy atom. The molecule has 0 bridgehead atoms. The lowest BCUT2D eigenvalue weighted by Crippen LogP contribution is -2.31. The molecule has 5 heteroatoms. The highest BCUT2D eigenvalue weighted by molar-refractivity contribution is 5.89. The van der Waals surface area contributed by atoms with E-state index in [1.807, 2.05) is 6.92 Å². The number of methoxy groups -OCH3 is 1. The Morgan fingerprint density at radius 1 is 1.60 bits per heavy atom. The van der Waals surface area contributed by atoms with Gasteiger partial charge in [-0.15, -0.1) is 0 Å². The summed E-state index contributed by atoms with van der Waals surface area (Å²) >= 11 is 0. The monoisotopic (exact) mass is 209 g/mol. The summed E-state index contributed by atoms with van der Waals surface area (Å²) in [5.41, 5.74) is 1.51. The number of pyridine rings is 1. The molecule has 82 valence electrons. The van der Waals surface area contributed by atoms with Crippen LogP contribution in [0.2, 0.25) is 0 Å². The normalized spacial score (nSPS) is 9.73. The summed E-state index contributed by atoms with van der Waals surface area (Å²) in [5.74, 6) is 0. The smallest absolute Gasteiger partial charge is 0.319 e. The minimum Gasteiger partial charge on any atom is -0.383 e. The zero-order chi connectivity index (χ0) is 11.1. The highest BCUT2D eigenvalue weighted by atomic mass is 16.5. The molecule has 5 nitrogen and oxygen atoms in total. The Hall–Kier alpha value is -1.62. The first-order chi connectivity index (χ1) is 7.24. The summed E-state index contributed by atoms with van der Waals surface area (Å²) in [6.45, 7) is 2.83. The van der Waals surface area contributed by atoms with Crippen molar-refractivity contribution in [3.63, 3.8) is 0 Å². The summed E-state index contributed by atoms with van der Waals surface area (Å²) in [6, 6.07) is 3.33. The Labute approximate surface area is 88.9 Å². The molecule has 0 spiro atoms. The van der Waals surface area contributed by atoms with Crippen LogP contribution in [0, 0.1) is 6.92 Å². The van der Waals surface area contributed by atoms with Crippen LogP contribution >= 0.6 is 0 Å². The van der Waals surface area contributed by atoms with Gasteiger partial charge in [0.25, 0.3) is 0 Å². The molecule has 0 saturated heterocycles. The van der Waals surface area contributed by atoms with Gasteiger partial charge in [0.1, 0.15) is 0 Å². The van der Waals surface area contributed by atoms with Crippen LogP contribution in [0.3, 0.4) is 0 Å². The van der Waals surface area contributed by atoms with Gasteiger partial charge in [-0.3, -0.25) is 4.98 Å². The second-order valence-corrected chi connectivity index (χ2v) is 3.01. The Kier molecular flexibility index (Phi) is 4.56. The summed E-state index contributed by atoms with van der Waals surface area (Å²) in [5, 5.41) is 5.36. The molecule has 0 aliphatic carbocycles. The fourth-order valence-electron chi connectivity index (χ4n) is 1.05. The summed E-state index contributed by atoms with van der Waals surface area (Å²) in [4.78, 5) is 15.4. The van der Waals surface area contributed by atoms with E-state index in [0.717, 1.165) is 5.69 Å². The van der Waals surface area contributed by atoms with Gasteiger partial charge in [0.05, 0.1) is 18.0 Å². The first-order valence-corrected chi connectivity index (χ1v) is 4.69. The quantitative estimate of drug-likeness (QED) is 0.731. The van der Waals surface area contributed by atoms with Crippen LogP contribution in [0.15, 0.2) is 18.3 Å². The van der Waals surface area contributed by atoms with Crippen LogP contribution < -0.4 is 10.6 Å². The van der Waals surface area contributed by atoms with Crippen molar-refractivity contribution in [2.45, 2.75) is 6.92 Å². The van der Waals surface area contributed by atoms with Gasteiger partial charge in [0, 0.05) is 19.9 Å². The van der Waals surface area contributed by atoms with E-state index in [1.54, 1.807) is 25.4 Å². The van der Waals surface area contributed by atoms with Crippen LogP contribution in [-0.4, -0.2) is 31.3 Å². The standard InChI is InChI=1S/C10H15N3O2/c1-8-9(4-3-5-11-8)13-10(14)12-6-7-15-2/h3-5H,6-7H2,1-2H3,(H2,12,13,14). The fraction of sp³-hybridized carbons (Fsp3) is 0.400. The van der Waals surface area contributed by atoms with Crippen molar-refractivity contribution in [3.8, 4) is 0 Å². The van der Waals surface area contributed by atoms with Crippen molar-refractivity contribution < 1.29 is 9.53 Å². The predicted molar refractivity (Wildman–Crippen MR) is 57.9 cm³/mol. The number of hydrogen-bond acceptors (Lipinski definition) is 3. The topological polar surface area (TPSA) is 63.2 Å². The van der Waals surface area contributed by atoms with Crippen molar-refractivity contribution in [3.05, 3.63) is 24.0 Å². The molecule has 1 rings (SSSR count). The number of ether oxygens (including phenoxy) is 1. The number of rotatable bonds is 4. The number of nitrogens with zero attached hydrogens (tertiary/aromatic N) is 1. The maximum absolute atomic E-state index is 11.3. The lowest BCUT2D eigenvalue weighted by atomic mass is 10.3. The average Bonchev–Trinajstić information content (AvgIpc) is 2.22. The Bertz CT molecular complexity index is 328. The van der Waals surface area contributed by atoms with Gasteiger partial charge >= 0.3 is 6.03 Å². The van der Waals surface area contributed by atoms with E-state index in [1.165, 1.54) is 0 Å². The molecule has 1 aromatic rings.